The molecule has 0 bridgehead atoms. The number of methoxy groups -OCH3 is 1. The first-order chi connectivity index (χ1) is 10.0. The van der Waals surface area contributed by atoms with Crippen molar-refractivity contribution in [2.75, 3.05) is 25.5 Å². The standard InChI is InChI=1S/C15H17ClN2O3/c1-3-15(20)18-8-10(9-18)6-14(19)17-11-4-5-13(21-2)12(16)7-11/h3-5,7,10H,1,6,8-9H2,2H3,(H,17,19). The highest BCUT2D eigenvalue weighted by molar-refractivity contribution is 6.32. The number of nitrogens with one attached hydrogen (secondary N) is 1. The molecule has 112 valence electrons. The van der Waals surface area contributed by atoms with Crippen molar-refractivity contribution in [3.05, 3.63) is 35.9 Å². The van der Waals surface area contributed by atoms with Crippen LogP contribution in [0.3, 0.4) is 0 Å². The average Bonchev–Trinajstić information content (AvgIpc) is 2.42. The van der Waals surface area contributed by atoms with E-state index in [-0.39, 0.29) is 17.7 Å². The second-order valence-electron chi connectivity index (χ2n) is 4.91. The molecule has 0 saturated carbocycles. The Morgan fingerprint density at radius 1 is 1.52 bits per heavy atom. The molecule has 0 atom stereocenters. The smallest absolute Gasteiger partial charge is 0.245 e. The lowest BCUT2D eigenvalue weighted by Gasteiger charge is -2.38. The first kappa shape index (κ1) is 15.4. The van der Waals surface area contributed by atoms with Crippen molar-refractivity contribution in [1.82, 2.24) is 4.90 Å². The van der Waals surface area contributed by atoms with Gasteiger partial charge in [0.1, 0.15) is 5.75 Å². The summed E-state index contributed by atoms with van der Waals surface area (Å²) in [6.45, 7) is 4.63. The first-order valence-corrected chi connectivity index (χ1v) is 6.96. The molecule has 2 rings (SSSR count). The third-order valence-corrected chi connectivity index (χ3v) is 3.65. The fourth-order valence-electron chi connectivity index (χ4n) is 2.23. The molecule has 5 nitrogen and oxygen atoms in total. The molecule has 1 fully saturated rings. The van der Waals surface area contributed by atoms with Crippen LogP contribution in [0.4, 0.5) is 5.69 Å². The molecule has 1 aliphatic rings. The zero-order chi connectivity index (χ0) is 15.4. The van der Waals surface area contributed by atoms with E-state index >= 15 is 0 Å². The lowest BCUT2D eigenvalue weighted by molar-refractivity contribution is -0.134. The lowest BCUT2D eigenvalue weighted by atomic mass is 9.96. The molecule has 6 heteroatoms. The monoisotopic (exact) mass is 308 g/mol. The van der Waals surface area contributed by atoms with Crippen molar-refractivity contribution in [3.63, 3.8) is 0 Å². The van der Waals surface area contributed by atoms with Crippen molar-refractivity contribution in [2.45, 2.75) is 6.42 Å². The molecule has 1 aromatic carbocycles. The van der Waals surface area contributed by atoms with Crippen LogP contribution in [0.25, 0.3) is 0 Å². The Morgan fingerprint density at radius 3 is 2.81 bits per heavy atom. The van der Waals surface area contributed by atoms with E-state index in [4.69, 9.17) is 16.3 Å². The number of hydrogen-bond acceptors (Lipinski definition) is 3. The maximum Gasteiger partial charge on any atom is 0.245 e. The Morgan fingerprint density at radius 2 is 2.24 bits per heavy atom. The van der Waals surface area contributed by atoms with Gasteiger partial charge in [0.2, 0.25) is 11.8 Å². The van der Waals surface area contributed by atoms with Gasteiger partial charge in [-0.15, -0.1) is 0 Å². The number of rotatable bonds is 5. The van der Waals surface area contributed by atoms with E-state index in [1.165, 1.54) is 13.2 Å². The van der Waals surface area contributed by atoms with Gasteiger partial charge >= 0.3 is 0 Å². The normalized spacial score (nSPS) is 14.3. The van der Waals surface area contributed by atoms with Gasteiger partial charge in [0.15, 0.2) is 0 Å². The second-order valence-corrected chi connectivity index (χ2v) is 5.32. The number of ether oxygens (including phenoxy) is 1. The van der Waals surface area contributed by atoms with Crippen molar-refractivity contribution in [2.24, 2.45) is 5.92 Å². The zero-order valence-corrected chi connectivity index (χ0v) is 12.5. The number of halogens is 1. The largest absolute Gasteiger partial charge is 0.495 e. The number of carbonyl (C=O) groups excluding carboxylic acids is 2. The molecule has 0 aromatic heterocycles. The van der Waals surface area contributed by atoms with E-state index in [9.17, 15) is 9.59 Å². The number of carbonyl (C=O) groups is 2. The van der Waals surface area contributed by atoms with E-state index in [0.717, 1.165) is 0 Å². The van der Waals surface area contributed by atoms with Crippen molar-refractivity contribution >= 4 is 29.1 Å². The highest BCUT2D eigenvalue weighted by Gasteiger charge is 2.30. The molecule has 21 heavy (non-hydrogen) atoms. The first-order valence-electron chi connectivity index (χ1n) is 6.58. The fraction of sp³-hybridized carbons (Fsp3) is 0.333. The SMILES string of the molecule is C=CC(=O)N1CC(CC(=O)Nc2ccc(OC)c(Cl)c2)C1. The van der Waals surface area contributed by atoms with Gasteiger partial charge in [-0.05, 0) is 24.3 Å². The van der Waals surface area contributed by atoms with Crippen LogP contribution in [-0.2, 0) is 9.59 Å². The Labute approximate surface area is 128 Å². The maximum absolute atomic E-state index is 11.9. The minimum atomic E-state index is -0.0908. The van der Waals surface area contributed by atoms with E-state index in [1.807, 2.05) is 0 Å². The summed E-state index contributed by atoms with van der Waals surface area (Å²) in [5, 5.41) is 3.23. The van der Waals surface area contributed by atoms with Gasteiger partial charge in [-0.1, -0.05) is 18.2 Å². The predicted molar refractivity (Wildman–Crippen MR) is 81.5 cm³/mol. The van der Waals surface area contributed by atoms with E-state index < -0.39 is 0 Å². The Hall–Kier alpha value is -2.01. The Kier molecular flexibility index (Phi) is 4.85. The molecule has 0 spiro atoms. The van der Waals surface area contributed by atoms with Crippen molar-refractivity contribution in [1.29, 1.82) is 0 Å². The zero-order valence-electron chi connectivity index (χ0n) is 11.8. The van der Waals surface area contributed by atoms with Gasteiger partial charge in [0.05, 0.1) is 12.1 Å². The molecule has 1 aliphatic heterocycles. The van der Waals surface area contributed by atoms with Crippen LogP contribution in [-0.4, -0.2) is 36.9 Å². The lowest BCUT2D eigenvalue weighted by Crippen LogP contribution is -2.50. The van der Waals surface area contributed by atoms with E-state index in [0.29, 0.717) is 36.0 Å². The third-order valence-electron chi connectivity index (χ3n) is 3.35. The van der Waals surface area contributed by atoms with E-state index in [2.05, 4.69) is 11.9 Å². The van der Waals surface area contributed by atoms with Gasteiger partial charge in [-0.3, -0.25) is 9.59 Å². The summed E-state index contributed by atoms with van der Waals surface area (Å²) in [5.41, 5.74) is 0.629. The molecule has 0 unspecified atom stereocenters. The molecule has 1 saturated heterocycles. The van der Waals surface area contributed by atoms with Gasteiger partial charge in [0.25, 0.3) is 0 Å². The molecule has 0 radical (unpaired) electrons. The maximum atomic E-state index is 11.9. The number of anilines is 1. The van der Waals surface area contributed by atoms with Gasteiger partial charge in [-0.2, -0.15) is 0 Å². The summed E-state index contributed by atoms with van der Waals surface area (Å²) < 4.78 is 5.05. The van der Waals surface area contributed by atoms with Crippen LogP contribution in [0.1, 0.15) is 6.42 Å². The van der Waals surface area contributed by atoms with Crippen LogP contribution in [0.15, 0.2) is 30.9 Å². The minimum Gasteiger partial charge on any atom is -0.495 e. The molecular weight excluding hydrogens is 292 g/mol. The van der Waals surface area contributed by atoms with Crippen LogP contribution in [0.5, 0.6) is 5.75 Å². The highest BCUT2D eigenvalue weighted by Crippen LogP contribution is 2.27. The quantitative estimate of drug-likeness (QED) is 0.849. The Bertz CT molecular complexity index is 568. The summed E-state index contributed by atoms with van der Waals surface area (Å²) >= 11 is 6.00. The van der Waals surface area contributed by atoms with Crippen LogP contribution >= 0.6 is 11.6 Å². The summed E-state index contributed by atoms with van der Waals surface area (Å²) in [7, 11) is 1.53. The number of nitrogens with zero attached hydrogens (tertiary/aromatic N) is 1. The molecule has 1 heterocycles. The van der Waals surface area contributed by atoms with Crippen LogP contribution in [0, 0.1) is 5.92 Å². The topological polar surface area (TPSA) is 58.6 Å². The van der Waals surface area contributed by atoms with Crippen molar-refractivity contribution in [3.8, 4) is 5.75 Å². The summed E-state index contributed by atoms with van der Waals surface area (Å²) in [6.07, 6.45) is 1.67. The van der Waals surface area contributed by atoms with Gasteiger partial charge in [0, 0.05) is 31.1 Å². The summed E-state index contributed by atoms with van der Waals surface area (Å²) in [6, 6.07) is 5.08. The third kappa shape index (κ3) is 3.76. The predicted octanol–water partition coefficient (Wildman–Crippen LogP) is 2.32. The Balaban J connectivity index is 1.82. The van der Waals surface area contributed by atoms with E-state index in [1.54, 1.807) is 23.1 Å². The summed E-state index contributed by atoms with van der Waals surface area (Å²) in [4.78, 5) is 24.9. The average molecular weight is 309 g/mol. The molecule has 1 N–H and O–H groups in total. The van der Waals surface area contributed by atoms with Crippen LogP contribution in [0.2, 0.25) is 5.02 Å². The highest BCUT2D eigenvalue weighted by atomic mass is 35.5. The molecule has 2 amide bonds. The molecule has 0 aliphatic carbocycles. The number of likely N-dealkylation sites (tertiary alicyclic amines) is 1. The van der Waals surface area contributed by atoms with Gasteiger partial charge in [-0.25, -0.2) is 0 Å². The number of benzene rings is 1. The summed E-state index contributed by atoms with van der Waals surface area (Å²) in [5.74, 6) is 0.579. The minimum absolute atomic E-state index is 0.0893. The van der Waals surface area contributed by atoms with Gasteiger partial charge < -0.3 is 15.0 Å². The molecule has 1 aromatic rings. The second kappa shape index (κ2) is 6.63. The fourth-order valence-corrected chi connectivity index (χ4v) is 2.48. The van der Waals surface area contributed by atoms with Crippen molar-refractivity contribution < 1.29 is 14.3 Å². The number of amides is 2. The molecular formula is C15H17ClN2O3. The number of hydrogen-bond donors (Lipinski definition) is 1. The van der Waals surface area contributed by atoms with Crippen LogP contribution < -0.4 is 10.1 Å².